The highest BCUT2D eigenvalue weighted by molar-refractivity contribution is 7.83. The summed E-state index contributed by atoms with van der Waals surface area (Å²) in [5.41, 5.74) is 0. The zero-order valence-electron chi connectivity index (χ0n) is 4.60. The summed E-state index contributed by atoms with van der Waals surface area (Å²) in [5, 5.41) is 0. The Labute approximate surface area is 51.3 Å². The first kappa shape index (κ1) is 6.97. The predicted molar refractivity (Wildman–Crippen MR) is 37.7 cm³/mol. The fraction of sp³-hybridized carbons (Fsp3) is 0.600. The number of hydrogen-bond donors (Lipinski definition) is 1. The van der Waals surface area contributed by atoms with Gasteiger partial charge in [-0.2, -0.15) is 18.4 Å². The maximum Gasteiger partial charge on any atom is 0.232 e. The summed E-state index contributed by atoms with van der Waals surface area (Å²) in [5.74, 6) is 2.41. The molecule has 0 amide bonds. The van der Waals surface area contributed by atoms with Gasteiger partial charge in [-0.3, -0.25) is 0 Å². The molecule has 0 aliphatic carbocycles. The van der Waals surface area contributed by atoms with Gasteiger partial charge >= 0.3 is 0 Å². The van der Waals surface area contributed by atoms with Gasteiger partial charge in [0.1, 0.15) is 0 Å². The third-order valence-electron chi connectivity index (χ3n) is 0.437. The van der Waals surface area contributed by atoms with Crippen LogP contribution in [0.1, 0.15) is 13.8 Å². The van der Waals surface area contributed by atoms with Crippen molar-refractivity contribution in [2.45, 2.75) is 18.5 Å². The molecule has 0 saturated heterocycles. The molecule has 0 aliphatic rings. The van der Waals surface area contributed by atoms with Gasteiger partial charge in [0, 0.05) is 0 Å². The van der Waals surface area contributed by atoms with Gasteiger partial charge in [-0.05, 0) is 4.65 Å². The van der Waals surface area contributed by atoms with Gasteiger partial charge in [0.15, 0.2) is 0 Å². The Hall–Kier alpha value is -0.0251. The van der Waals surface area contributed by atoms with Gasteiger partial charge in [0.25, 0.3) is 0 Å². The fourth-order valence-electron chi connectivity index (χ4n) is 0.204. The molecule has 2 heteroatoms. The first-order valence-electron chi connectivity index (χ1n) is 2.09. The second kappa shape index (κ2) is 2.33. The number of thiol groups is 1. The topological polar surface area (TPSA) is 0 Å². The quantitative estimate of drug-likeness (QED) is 0.290. The average molecular weight is 111 g/mol. The van der Waals surface area contributed by atoms with Crippen LogP contribution in [0.5, 0.6) is 0 Å². The van der Waals surface area contributed by atoms with Crippen molar-refractivity contribution in [2.24, 2.45) is 0 Å². The van der Waals surface area contributed by atoms with E-state index in [9.17, 15) is 0 Å². The molecule has 0 aliphatic heterocycles. The van der Waals surface area contributed by atoms with Crippen LogP contribution in [-0.2, 0) is 0 Å². The molecule has 7 heavy (non-hydrogen) atoms. The molecule has 0 unspecified atom stereocenters. The summed E-state index contributed by atoms with van der Waals surface area (Å²) in [4.78, 5) is 0. The van der Waals surface area contributed by atoms with Crippen molar-refractivity contribution in [2.75, 3.05) is 0 Å². The lowest BCUT2D eigenvalue weighted by Crippen LogP contribution is -2.18. The Morgan fingerprint density at radius 1 is 1.71 bits per heavy atom. The maximum atomic E-state index is 4.96. The lowest BCUT2D eigenvalue weighted by Gasteiger charge is -2.09. The monoisotopic (exact) mass is 111 g/mol. The molecule has 0 atom stereocenters. The summed E-state index contributed by atoms with van der Waals surface area (Å²) in [6.45, 7) is 3.88. The molecule has 0 saturated carbocycles. The molecule has 0 spiro atoms. The first-order chi connectivity index (χ1) is 3.06. The van der Waals surface area contributed by atoms with Gasteiger partial charge < -0.3 is 0 Å². The molecule has 0 aromatic carbocycles. The Kier molecular flexibility index (Phi) is 2.32. The molecule has 0 nitrogen and oxygen atoms in total. The predicted octanol–water partition coefficient (Wildman–Crippen LogP) is 0.947. The van der Waals surface area contributed by atoms with Crippen LogP contribution in [0.4, 0.5) is 0 Å². The molecule has 0 N–H and O–H groups in total. The van der Waals surface area contributed by atoms with E-state index in [1.165, 1.54) is 0 Å². The van der Waals surface area contributed by atoms with Gasteiger partial charge in [0.05, 0.1) is 0 Å². The standard InChI is InChI=1S/C5H8BS/c1-4-6-5(2,3)7/h1,7H,2-3H3. The van der Waals surface area contributed by atoms with E-state index in [0.29, 0.717) is 0 Å². The Morgan fingerprint density at radius 2 is 2.14 bits per heavy atom. The zero-order chi connectivity index (χ0) is 5.91. The van der Waals surface area contributed by atoms with Crippen molar-refractivity contribution in [1.82, 2.24) is 0 Å². The summed E-state index contributed by atoms with van der Waals surface area (Å²) in [6.07, 6.45) is 4.96. The van der Waals surface area contributed by atoms with Crippen molar-refractivity contribution < 1.29 is 0 Å². The SMILES string of the molecule is C#C[B]C(C)(C)S. The number of hydrogen-bond acceptors (Lipinski definition) is 1. The highest BCUT2D eigenvalue weighted by atomic mass is 32.1. The minimum Gasteiger partial charge on any atom is -0.181 e. The zero-order valence-corrected chi connectivity index (χ0v) is 5.50. The highest BCUT2D eigenvalue weighted by Crippen LogP contribution is 2.07. The van der Waals surface area contributed by atoms with E-state index in [2.05, 4.69) is 18.4 Å². The van der Waals surface area contributed by atoms with Crippen LogP contribution in [-0.4, -0.2) is 11.9 Å². The smallest absolute Gasteiger partial charge is 0.181 e. The van der Waals surface area contributed by atoms with E-state index in [-0.39, 0.29) is 4.65 Å². The van der Waals surface area contributed by atoms with Crippen LogP contribution in [0.2, 0.25) is 0 Å². The second-order valence-corrected chi connectivity index (χ2v) is 3.12. The summed E-state index contributed by atoms with van der Waals surface area (Å²) in [6, 6.07) is 0. The van der Waals surface area contributed by atoms with Crippen LogP contribution < -0.4 is 0 Å². The minimum absolute atomic E-state index is 0.116. The normalized spacial score (nSPS) is 10.0. The molecule has 1 radical (unpaired) electrons. The molecular weight excluding hydrogens is 103 g/mol. The van der Waals surface area contributed by atoms with E-state index < -0.39 is 0 Å². The molecule has 0 aromatic rings. The van der Waals surface area contributed by atoms with E-state index >= 15 is 0 Å². The molecule has 0 heterocycles. The molecular formula is C5H8BS. The van der Waals surface area contributed by atoms with Crippen LogP contribution >= 0.6 is 12.6 Å². The van der Waals surface area contributed by atoms with E-state index in [4.69, 9.17) is 6.42 Å². The lowest BCUT2D eigenvalue weighted by molar-refractivity contribution is 1.01. The molecule has 0 fully saturated rings. The Balaban J connectivity index is 3.40. The second-order valence-electron chi connectivity index (χ2n) is 1.96. The molecule has 0 aromatic heterocycles. The van der Waals surface area contributed by atoms with Gasteiger partial charge in [-0.1, -0.05) is 13.8 Å². The Morgan fingerprint density at radius 3 is 2.14 bits per heavy atom. The molecule has 37 valence electrons. The van der Waals surface area contributed by atoms with Crippen LogP contribution in [0.3, 0.4) is 0 Å². The van der Waals surface area contributed by atoms with Crippen molar-refractivity contribution in [3.8, 4) is 12.2 Å². The van der Waals surface area contributed by atoms with Crippen molar-refractivity contribution >= 4 is 19.9 Å². The van der Waals surface area contributed by atoms with Crippen molar-refractivity contribution in [3.63, 3.8) is 0 Å². The average Bonchev–Trinajstić information content (AvgIpc) is 1.30. The van der Waals surface area contributed by atoms with Crippen LogP contribution in [0.25, 0.3) is 0 Å². The minimum atomic E-state index is -0.116. The van der Waals surface area contributed by atoms with E-state index in [0.717, 1.165) is 0 Å². The van der Waals surface area contributed by atoms with Crippen LogP contribution in [0, 0.1) is 12.2 Å². The first-order valence-corrected chi connectivity index (χ1v) is 2.54. The molecule has 0 bridgehead atoms. The number of terminal acetylenes is 1. The molecule has 0 rings (SSSR count). The van der Waals surface area contributed by atoms with Crippen molar-refractivity contribution in [3.05, 3.63) is 0 Å². The van der Waals surface area contributed by atoms with E-state index in [1.54, 1.807) is 7.28 Å². The maximum absolute atomic E-state index is 4.96. The third kappa shape index (κ3) is 5.97. The summed E-state index contributed by atoms with van der Waals surface area (Å²) < 4.78 is -0.116. The van der Waals surface area contributed by atoms with Crippen molar-refractivity contribution in [1.29, 1.82) is 0 Å². The lowest BCUT2D eigenvalue weighted by atomic mass is 9.67. The van der Waals surface area contributed by atoms with Gasteiger partial charge in [-0.15, -0.1) is 6.42 Å². The number of rotatable bonds is 1. The third-order valence-corrected chi connectivity index (χ3v) is 0.566. The summed E-state index contributed by atoms with van der Waals surface area (Å²) >= 11 is 4.14. The fourth-order valence-corrected chi connectivity index (χ4v) is 0.278. The van der Waals surface area contributed by atoms with Gasteiger partial charge in [0.2, 0.25) is 7.28 Å². The largest absolute Gasteiger partial charge is 0.232 e. The Bertz CT molecular complexity index is 85.2. The highest BCUT2D eigenvalue weighted by Gasteiger charge is 2.09. The van der Waals surface area contributed by atoms with E-state index in [1.807, 2.05) is 13.8 Å². The van der Waals surface area contributed by atoms with Crippen LogP contribution in [0.15, 0.2) is 0 Å². The van der Waals surface area contributed by atoms with Gasteiger partial charge in [-0.25, -0.2) is 0 Å². The summed E-state index contributed by atoms with van der Waals surface area (Å²) in [7, 11) is 1.70.